The predicted octanol–water partition coefficient (Wildman–Crippen LogP) is 3.20. The van der Waals surface area contributed by atoms with Gasteiger partial charge in [-0.1, -0.05) is 23.7 Å². The topological polar surface area (TPSA) is 65.1 Å². The van der Waals surface area contributed by atoms with Crippen molar-refractivity contribution >= 4 is 23.8 Å². The number of likely N-dealkylation sites (N-methyl/N-ethyl adjacent to an activating group) is 1. The van der Waals surface area contributed by atoms with Crippen LogP contribution in [0, 0.1) is 0 Å². The van der Waals surface area contributed by atoms with Crippen LogP contribution < -0.4 is 14.2 Å². The van der Waals surface area contributed by atoms with Crippen LogP contribution in [0.25, 0.3) is 0 Å². The van der Waals surface area contributed by atoms with E-state index in [1.165, 1.54) is 7.11 Å². The molecule has 26 heavy (non-hydrogen) atoms. The predicted molar refractivity (Wildman–Crippen MR) is 96.6 cm³/mol. The van der Waals surface area contributed by atoms with E-state index in [1.54, 1.807) is 42.3 Å². The van der Waals surface area contributed by atoms with Gasteiger partial charge in [-0.15, -0.1) is 0 Å². The van der Waals surface area contributed by atoms with Crippen molar-refractivity contribution in [3.05, 3.63) is 52.0 Å². The summed E-state index contributed by atoms with van der Waals surface area (Å²) in [7, 11) is 3.16. The van der Waals surface area contributed by atoms with Crippen LogP contribution in [-0.2, 0) is 6.42 Å². The highest BCUT2D eigenvalue weighted by molar-refractivity contribution is 6.33. The standard InChI is InChI=1S/C19H18ClNO5/c1-21(19(23)13-5-3-4-6-15(13)20)8-7-12-9-16-18(26-11-25-16)17(24-2)14(12)10-22/h3-6,9-10H,7-8,11H2,1-2H3. The van der Waals surface area contributed by atoms with Gasteiger partial charge in [0, 0.05) is 13.6 Å². The summed E-state index contributed by atoms with van der Waals surface area (Å²) in [5.74, 6) is 1.13. The van der Waals surface area contributed by atoms with E-state index in [-0.39, 0.29) is 12.7 Å². The normalized spacial score (nSPS) is 12.0. The van der Waals surface area contributed by atoms with E-state index in [4.69, 9.17) is 25.8 Å². The summed E-state index contributed by atoms with van der Waals surface area (Å²) in [6, 6.07) is 8.65. The molecule has 0 fully saturated rings. The van der Waals surface area contributed by atoms with Crippen LogP contribution in [0.4, 0.5) is 0 Å². The Morgan fingerprint density at radius 2 is 2.12 bits per heavy atom. The van der Waals surface area contributed by atoms with Crippen molar-refractivity contribution in [3.63, 3.8) is 0 Å². The Bertz CT molecular complexity index is 852. The SMILES string of the molecule is COc1c(C=O)c(CCN(C)C(=O)c2ccccc2Cl)cc2c1OCO2. The zero-order valence-electron chi connectivity index (χ0n) is 14.5. The number of carbonyl (C=O) groups is 2. The molecule has 0 aliphatic carbocycles. The van der Waals surface area contributed by atoms with E-state index in [1.807, 2.05) is 0 Å². The van der Waals surface area contributed by atoms with Gasteiger partial charge in [0.25, 0.3) is 5.91 Å². The summed E-state index contributed by atoms with van der Waals surface area (Å²) < 4.78 is 16.1. The maximum Gasteiger partial charge on any atom is 0.255 e. The van der Waals surface area contributed by atoms with E-state index in [9.17, 15) is 9.59 Å². The van der Waals surface area contributed by atoms with E-state index in [0.29, 0.717) is 46.4 Å². The summed E-state index contributed by atoms with van der Waals surface area (Å²) in [6.45, 7) is 0.478. The molecule has 6 nitrogen and oxygen atoms in total. The minimum absolute atomic E-state index is 0.0817. The number of halogens is 1. The van der Waals surface area contributed by atoms with Gasteiger partial charge in [-0.25, -0.2) is 0 Å². The first-order valence-corrected chi connectivity index (χ1v) is 8.39. The number of nitrogens with zero attached hydrogens (tertiary/aromatic N) is 1. The Morgan fingerprint density at radius 3 is 2.81 bits per heavy atom. The molecule has 1 aliphatic heterocycles. The van der Waals surface area contributed by atoms with Gasteiger partial charge in [0.05, 0.1) is 23.3 Å². The lowest BCUT2D eigenvalue weighted by Gasteiger charge is -2.19. The molecule has 0 N–H and O–H groups in total. The van der Waals surface area contributed by atoms with Gasteiger partial charge in [0.15, 0.2) is 17.8 Å². The molecule has 7 heteroatoms. The average molecular weight is 376 g/mol. The number of carbonyl (C=O) groups excluding carboxylic acids is 2. The second-order valence-corrected chi connectivity index (χ2v) is 6.20. The Morgan fingerprint density at radius 1 is 1.35 bits per heavy atom. The number of hydrogen-bond donors (Lipinski definition) is 0. The smallest absolute Gasteiger partial charge is 0.255 e. The molecule has 1 aliphatic rings. The molecule has 2 aromatic carbocycles. The molecule has 136 valence electrons. The maximum absolute atomic E-state index is 12.6. The molecule has 0 bridgehead atoms. The highest BCUT2D eigenvalue weighted by Gasteiger charge is 2.25. The van der Waals surface area contributed by atoms with Crippen molar-refractivity contribution in [3.8, 4) is 17.2 Å². The van der Waals surface area contributed by atoms with Gasteiger partial charge in [-0.05, 0) is 30.2 Å². The largest absolute Gasteiger partial charge is 0.492 e. The second kappa shape index (κ2) is 7.66. The fourth-order valence-electron chi connectivity index (χ4n) is 2.85. The molecule has 0 saturated heterocycles. The van der Waals surface area contributed by atoms with Crippen molar-refractivity contribution in [2.75, 3.05) is 27.5 Å². The molecule has 0 spiro atoms. The number of rotatable bonds is 6. The quantitative estimate of drug-likeness (QED) is 0.725. The minimum Gasteiger partial charge on any atom is -0.492 e. The summed E-state index contributed by atoms with van der Waals surface area (Å²) in [4.78, 5) is 25.7. The highest BCUT2D eigenvalue weighted by atomic mass is 35.5. The third kappa shape index (κ3) is 3.32. The van der Waals surface area contributed by atoms with Crippen molar-refractivity contribution in [1.82, 2.24) is 4.90 Å². The minimum atomic E-state index is -0.184. The van der Waals surface area contributed by atoms with Crippen molar-refractivity contribution in [2.45, 2.75) is 6.42 Å². The number of methoxy groups -OCH3 is 1. The van der Waals surface area contributed by atoms with E-state index >= 15 is 0 Å². The van der Waals surface area contributed by atoms with E-state index < -0.39 is 0 Å². The number of ether oxygens (including phenoxy) is 3. The third-order valence-corrected chi connectivity index (χ3v) is 4.56. The highest BCUT2D eigenvalue weighted by Crippen LogP contribution is 2.44. The molecule has 0 saturated carbocycles. The summed E-state index contributed by atoms with van der Waals surface area (Å²) in [5.41, 5.74) is 1.56. The third-order valence-electron chi connectivity index (χ3n) is 4.23. The number of fused-ring (bicyclic) bond motifs is 1. The van der Waals surface area contributed by atoms with Crippen molar-refractivity contribution < 1.29 is 23.8 Å². The van der Waals surface area contributed by atoms with Crippen LogP contribution >= 0.6 is 11.6 Å². The van der Waals surface area contributed by atoms with Crippen LogP contribution in [0.3, 0.4) is 0 Å². The first kappa shape index (κ1) is 18.1. The molecule has 2 aromatic rings. The lowest BCUT2D eigenvalue weighted by molar-refractivity contribution is 0.0797. The van der Waals surface area contributed by atoms with Gasteiger partial charge in [0.1, 0.15) is 0 Å². The monoisotopic (exact) mass is 375 g/mol. The molecule has 0 aromatic heterocycles. The van der Waals surface area contributed by atoms with Gasteiger partial charge in [-0.2, -0.15) is 0 Å². The van der Waals surface area contributed by atoms with Crippen LogP contribution in [0.2, 0.25) is 5.02 Å². The number of benzene rings is 2. The maximum atomic E-state index is 12.6. The van der Waals surface area contributed by atoms with Crippen LogP contribution in [0.1, 0.15) is 26.3 Å². The second-order valence-electron chi connectivity index (χ2n) is 5.79. The van der Waals surface area contributed by atoms with E-state index in [2.05, 4.69) is 0 Å². The zero-order valence-corrected chi connectivity index (χ0v) is 15.2. The Balaban J connectivity index is 1.80. The van der Waals surface area contributed by atoms with Crippen LogP contribution in [0.15, 0.2) is 30.3 Å². The fourth-order valence-corrected chi connectivity index (χ4v) is 3.06. The Hall–Kier alpha value is -2.73. The summed E-state index contributed by atoms with van der Waals surface area (Å²) in [5, 5.41) is 0.405. The number of aldehydes is 1. The first-order chi connectivity index (χ1) is 12.6. The van der Waals surface area contributed by atoms with Gasteiger partial charge in [-0.3, -0.25) is 9.59 Å². The van der Waals surface area contributed by atoms with Crippen LogP contribution in [0.5, 0.6) is 17.2 Å². The molecule has 0 radical (unpaired) electrons. The van der Waals surface area contributed by atoms with Gasteiger partial charge in [0.2, 0.25) is 12.5 Å². The summed E-state index contributed by atoms with van der Waals surface area (Å²) >= 11 is 6.09. The molecule has 1 amide bonds. The van der Waals surface area contributed by atoms with Crippen LogP contribution in [-0.4, -0.2) is 44.6 Å². The molecular weight excluding hydrogens is 358 g/mol. The summed E-state index contributed by atoms with van der Waals surface area (Å²) in [6.07, 6.45) is 1.18. The first-order valence-electron chi connectivity index (χ1n) is 8.01. The molecule has 1 heterocycles. The Kier molecular flexibility index (Phi) is 5.32. The molecular formula is C19H18ClNO5. The van der Waals surface area contributed by atoms with Gasteiger partial charge < -0.3 is 19.1 Å². The van der Waals surface area contributed by atoms with Crippen molar-refractivity contribution in [1.29, 1.82) is 0 Å². The molecule has 3 rings (SSSR count). The Labute approximate surface area is 156 Å². The number of hydrogen-bond acceptors (Lipinski definition) is 5. The number of amides is 1. The van der Waals surface area contributed by atoms with Gasteiger partial charge >= 0.3 is 0 Å². The van der Waals surface area contributed by atoms with Crippen molar-refractivity contribution in [2.24, 2.45) is 0 Å². The lowest BCUT2D eigenvalue weighted by atomic mass is 10.0. The molecule has 0 unspecified atom stereocenters. The molecule has 0 atom stereocenters. The fraction of sp³-hybridized carbons (Fsp3) is 0.263. The van der Waals surface area contributed by atoms with E-state index in [0.717, 1.165) is 11.8 Å². The average Bonchev–Trinajstić information content (AvgIpc) is 3.12. The zero-order chi connectivity index (χ0) is 18.7. The lowest BCUT2D eigenvalue weighted by Crippen LogP contribution is -2.29.